The average Bonchev–Trinajstić information content (AvgIpc) is 2.35. The molecule has 7 heteroatoms. The van der Waals surface area contributed by atoms with E-state index in [1.165, 1.54) is 0 Å². The van der Waals surface area contributed by atoms with Crippen LogP contribution >= 0.6 is 15.9 Å². The number of nitro groups is 1. The molecule has 1 atom stereocenters. The Kier molecular flexibility index (Phi) is 4.03. The van der Waals surface area contributed by atoms with Gasteiger partial charge in [-0.25, -0.2) is 4.39 Å². The molecule has 0 radical (unpaired) electrons. The zero-order chi connectivity index (χ0) is 14.2. The smallest absolute Gasteiger partial charge is 0.329 e. The minimum Gasteiger partial charge on any atom is -0.366 e. The van der Waals surface area contributed by atoms with Gasteiger partial charge in [0.2, 0.25) is 5.82 Å². The van der Waals surface area contributed by atoms with Gasteiger partial charge in [0.25, 0.3) is 0 Å². The normalized spacial score (nSPS) is 19.6. The Morgan fingerprint density at radius 3 is 2.79 bits per heavy atom. The molecule has 4 nitrogen and oxygen atoms in total. The van der Waals surface area contributed by atoms with Crippen molar-refractivity contribution in [1.82, 2.24) is 0 Å². The van der Waals surface area contributed by atoms with E-state index in [0.29, 0.717) is 19.0 Å². The summed E-state index contributed by atoms with van der Waals surface area (Å²) in [6.45, 7) is 3.16. The first-order valence-electron chi connectivity index (χ1n) is 5.98. The van der Waals surface area contributed by atoms with Crippen molar-refractivity contribution in [2.24, 2.45) is 5.92 Å². The number of halogens is 3. The average molecular weight is 335 g/mol. The van der Waals surface area contributed by atoms with Crippen LogP contribution in [0.4, 0.5) is 20.2 Å². The van der Waals surface area contributed by atoms with Crippen molar-refractivity contribution in [3.8, 4) is 0 Å². The van der Waals surface area contributed by atoms with E-state index in [1.54, 1.807) is 4.90 Å². The second-order valence-electron chi connectivity index (χ2n) is 4.80. The highest BCUT2D eigenvalue weighted by atomic mass is 79.9. The maximum Gasteiger partial charge on any atom is 0.329 e. The van der Waals surface area contributed by atoms with Gasteiger partial charge in [0.05, 0.1) is 9.40 Å². The Hall–Kier alpha value is -1.24. The lowest BCUT2D eigenvalue weighted by Crippen LogP contribution is -2.34. The van der Waals surface area contributed by atoms with Gasteiger partial charge in [-0.15, -0.1) is 0 Å². The van der Waals surface area contributed by atoms with Crippen molar-refractivity contribution in [2.75, 3.05) is 18.0 Å². The Labute approximate surface area is 117 Å². The topological polar surface area (TPSA) is 46.4 Å². The molecule has 0 saturated carbocycles. The molecule has 0 N–H and O–H groups in total. The van der Waals surface area contributed by atoms with Gasteiger partial charge in [-0.2, -0.15) is 4.39 Å². The van der Waals surface area contributed by atoms with Crippen LogP contribution in [0.25, 0.3) is 0 Å². The fourth-order valence-corrected chi connectivity index (χ4v) is 2.70. The highest BCUT2D eigenvalue weighted by molar-refractivity contribution is 9.10. The predicted octanol–water partition coefficient (Wildman–Crippen LogP) is 3.87. The van der Waals surface area contributed by atoms with Crippen molar-refractivity contribution in [3.05, 3.63) is 32.3 Å². The number of nitro benzene ring substituents is 1. The maximum absolute atomic E-state index is 13.9. The fraction of sp³-hybridized carbons (Fsp3) is 0.500. The van der Waals surface area contributed by atoms with Crippen LogP contribution in [0.1, 0.15) is 19.8 Å². The lowest BCUT2D eigenvalue weighted by atomic mass is 9.99. The molecule has 1 aliphatic heterocycles. The highest BCUT2D eigenvalue weighted by Crippen LogP contribution is 2.38. The zero-order valence-electron chi connectivity index (χ0n) is 10.3. The predicted molar refractivity (Wildman–Crippen MR) is 71.3 cm³/mol. The number of piperidine rings is 1. The molecule has 1 fully saturated rings. The van der Waals surface area contributed by atoms with Crippen LogP contribution in [0.2, 0.25) is 0 Å². The third-order valence-electron chi connectivity index (χ3n) is 3.30. The summed E-state index contributed by atoms with van der Waals surface area (Å²) in [4.78, 5) is 11.9. The van der Waals surface area contributed by atoms with Gasteiger partial charge in [-0.3, -0.25) is 10.1 Å². The van der Waals surface area contributed by atoms with Crippen molar-refractivity contribution < 1.29 is 13.7 Å². The van der Waals surface area contributed by atoms with E-state index >= 15 is 0 Å². The summed E-state index contributed by atoms with van der Waals surface area (Å²) in [5.74, 6) is -1.63. The molecule has 0 amide bonds. The van der Waals surface area contributed by atoms with Crippen molar-refractivity contribution >= 4 is 27.3 Å². The van der Waals surface area contributed by atoms with Crippen molar-refractivity contribution in [1.29, 1.82) is 0 Å². The molecule has 1 aromatic rings. The Morgan fingerprint density at radius 1 is 1.53 bits per heavy atom. The Balaban J connectivity index is 2.52. The molecule has 104 valence electrons. The van der Waals surface area contributed by atoms with E-state index in [0.717, 1.165) is 18.9 Å². The van der Waals surface area contributed by atoms with Gasteiger partial charge in [0, 0.05) is 19.2 Å². The quantitative estimate of drug-likeness (QED) is 0.468. The molecule has 0 bridgehead atoms. The van der Waals surface area contributed by atoms with Gasteiger partial charge < -0.3 is 4.90 Å². The molecule has 19 heavy (non-hydrogen) atoms. The van der Waals surface area contributed by atoms with Crippen molar-refractivity contribution in [2.45, 2.75) is 19.8 Å². The van der Waals surface area contributed by atoms with Gasteiger partial charge in [0.1, 0.15) is 11.5 Å². The van der Waals surface area contributed by atoms with Crippen molar-refractivity contribution in [3.63, 3.8) is 0 Å². The van der Waals surface area contributed by atoms with E-state index in [2.05, 4.69) is 15.9 Å². The molecular formula is C12H13BrF2N2O2. The van der Waals surface area contributed by atoms with E-state index in [-0.39, 0.29) is 5.69 Å². The largest absolute Gasteiger partial charge is 0.366 e. The SMILES string of the molecule is C[C@H]1CCCN(c2cc(F)c(Br)c(F)c2[N+](=O)[O-])C1. The van der Waals surface area contributed by atoms with Crippen LogP contribution < -0.4 is 4.90 Å². The van der Waals surface area contributed by atoms with E-state index in [1.807, 2.05) is 6.92 Å². The van der Waals surface area contributed by atoms with E-state index in [4.69, 9.17) is 0 Å². The highest BCUT2D eigenvalue weighted by Gasteiger charge is 2.30. The van der Waals surface area contributed by atoms with Crippen LogP contribution in [0, 0.1) is 27.7 Å². The van der Waals surface area contributed by atoms with Crippen LogP contribution in [-0.4, -0.2) is 18.0 Å². The summed E-state index contributed by atoms with van der Waals surface area (Å²) in [5, 5.41) is 11.0. The third-order valence-corrected chi connectivity index (χ3v) is 4.02. The van der Waals surface area contributed by atoms with Crippen LogP contribution in [-0.2, 0) is 0 Å². The van der Waals surface area contributed by atoms with E-state index < -0.39 is 26.7 Å². The molecule has 0 aromatic heterocycles. The summed E-state index contributed by atoms with van der Waals surface area (Å²) in [7, 11) is 0. The second kappa shape index (κ2) is 5.40. The summed E-state index contributed by atoms with van der Waals surface area (Å²) in [6.07, 6.45) is 1.88. The molecule has 1 aliphatic rings. The molecule has 1 heterocycles. The first-order valence-corrected chi connectivity index (χ1v) is 6.78. The number of benzene rings is 1. The number of anilines is 1. The number of hydrogen-bond acceptors (Lipinski definition) is 3. The molecule has 0 aliphatic carbocycles. The lowest BCUT2D eigenvalue weighted by molar-refractivity contribution is -0.386. The van der Waals surface area contributed by atoms with Crippen LogP contribution in [0.5, 0.6) is 0 Å². The van der Waals surface area contributed by atoms with Gasteiger partial charge >= 0.3 is 5.69 Å². The second-order valence-corrected chi connectivity index (χ2v) is 5.60. The van der Waals surface area contributed by atoms with Gasteiger partial charge in [-0.05, 0) is 34.7 Å². The fourth-order valence-electron chi connectivity index (χ4n) is 2.40. The Morgan fingerprint density at radius 2 is 2.21 bits per heavy atom. The first-order chi connectivity index (χ1) is 8.91. The van der Waals surface area contributed by atoms with Gasteiger partial charge in [-0.1, -0.05) is 6.92 Å². The third kappa shape index (κ3) is 2.70. The Bertz CT molecular complexity index is 525. The number of hydrogen-bond donors (Lipinski definition) is 0. The first kappa shape index (κ1) is 14.2. The maximum atomic E-state index is 13.9. The molecular weight excluding hydrogens is 322 g/mol. The molecule has 0 spiro atoms. The van der Waals surface area contributed by atoms with E-state index in [9.17, 15) is 18.9 Å². The summed E-state index contributed by atoms with van der Waals surface area (Å²) in [6, 6.07) is 1.03. The number of rotatable bonds is 2. The van der Waals surface area contributed by atoms with Crippen LogP contribution in [0.15, 0.2) is 10.5 Å². The number of nitrogens with zero attached hydrogens (tertiary/aromatic N) is 2. The lowest BCUT2D eigenvalue weighted by Gasteiger charge is -2.32. The summed E-state index contributed by atoms with van der Waals surface area (Å²) in [5.41, 5.74) is -0.642. The summed E-state index contributed by atoms with van der Waals surface area (Å²) >= 11 is 2.70. The monoisotopic (exact) mass is 334 g/mol. The van der Waals surface area contributed by atoms with Gasteiger partial charge in [0.15, 0.2) is 0 Å². The molecule has 1 saturated heterocycles. The standard InChI is InChI=1S/C12H13BrF2N2O2/c1-7-3-2-4-16(6-7)9-5-8(14)10(13)11(15)12(9)17(18)19/h5,7H,2-4,6H2,1H3/t7-/m0/s1. The molecule has 0 unspecified atom stereocenters. The minimum atomic E-state index is -1.15. The van der Waals surface area contributed by atoms with Crippen LogP contribution in [0.3, 0.4) is 0 Å². The minimum absolute atomic E-state index is 0.0229. The molecule has 2 rings (SSSR count). The zero-order valence-corrected chi connectivity index (χ0v) is 11.9. The summed E-state index contributed by atoms with van der Waals surface area (Å²) < 4.78 is 27.0. The molecule has 1 aromatic carbocycles.